The van der Waals surface area contributed by atoms with Crippen LogP contribution in [0.1, 0.15) is 10.6 Å². The molecule has 0 unspecified atom stereocenters. The molecule has 0 bridgehead atoms. The highest BCUT2D eigenvalue weighted by Gasteiger charge is 2.25. The minimum atomic E-state index is -4.15. The zero-order valence-corrected chi connectivity index (χ0v) is 7.00. The Kier molecular flexibility index (Phi) is 2.30. The van der Waals surface area contributed by atoms with E-state index in [-0.39, 0.29) is 5.76 Å². The van der Waals surface area contributed by atoms with Crippen molar-refractivity contribution in [3.05, 3.63) is 24.2 Å². The fourth-order valence-electron chi connectivity index (χ4n) is 0.594. The fraction of sp³-hybridized carbons (Fsp3) is 0.167. The zero-order valence-electron chi connectivity index (χ0n) is 6.18. The van der Waals surface area contributed by atoms with Gasteiger partial charge in [0.1, 0.15) is 0 Å². The molecule has 0 amide bonds. The first-order valence-electron chi connectivity index (χ1n) is 2.96. The third-order valence-corrected chi connectivity index (χ3v) is 2.26. The Balaban J connectivity index is 3.03. The quantitative estimate of drug-likeness (QED) is 0.631. The summed E-state index contributed by atoms with van der Waals surface area (Å²) in [5.74, 6) is -0.253. The average Bonchev–Trinajstić information content (AvgIpc) is 2.55. The lowest BCUT2D eigenvalue weighted by atomic mass is 10.5. The second-order valence-corrected chi connectivity index (χ2v) is 3.50. The highest BCUT2D eigenvalue weighted by molar-refractivity contribution is 8.02. The van der Waals surface area contributed by atoms with Gasteiger partial charge in [-0.25, -0.2) is 0 Å². The third kappa shape index (κ3) is 1.54. The van der Waals surface area contributed by atoms with Crippen molar-refractivity contribution in [1.29, 1.82) is 0 Å². The Labute approximate surface area is 69.1 Å². The summed E-state index contributed by atoms with van der Waals surface area (Å²) in [5, 5.41) is -1.17. The van der Waals surface area contributed by atoms with Gasteiger partial charge in [-0.05, 0) is 12.1 Å². The molecule has 0 radical (unpaired) electrons. The molecule has 0 saturated heterocycles. The van der Waals surface area contributed by atoms with Gasteiger partial charge in [0.15, 0.2) is 5.76 Å². The van der Waals surface area contributed by atoms with Crippen LogP contribution in [0.3, 0.4) is 0 Å². The van der Waals surface area contributed by atoms with Gasteiger partial charge in [0.25, 0.3) is 0 Å². The van der Waals surface area contributed by atoms with Crippen LogP contribution in [0, 0.1) is 0 Å². The first-order valence-corrected chi connectivity index (χ1v) is 4.37. The summed E-state index contributed by atoms with van der Waals surface area (Å²) in [6.07, 6.45) is 1.21. The Morgan fingerprint density at radius 3 is 2.67 bits per heavy atom. The minimum Gasteiger partial charge on any atom is -0.460 e. The lowest BCUT2D eigenvalue weighted by Crippen LogP contribution is -2.15. The molecule has 1 aromatic rings. The Hall–Kier alpha value is -1.14. The first-order chi connectivity index (χ1) is 5.58. The van der Waals surface area contributed by atoms with Crippen LogP contribution < -0.4 is 0 Å². The number of hydrogen-bond donors (Lipinski definition) is 0. The lowest BCUT2D eigenvalue weighted by molar-refractivity contribution is 0.103. The van der Waals surface area contributed by atoms with Crippen LogP contribution in [0.2, 0.25) is 0 Å². The average molecular weight is 190 g/mol. The van der Waals surface area contributed by atoms with Gasteiger partial charge in [0.05, 0.1) is 13.4 Å². The standard InChI is InChI=1S/C6H6O5S/c1-10-12(8,9)6(7)5-3-2-4-11-5/h2-4H,1H3. The maximum Gasteiger partial charge on any atom is 0.339 e. The molecule has 1 heterocycles. The van der Waals surface area contributed by atoms with E-state index in [2.05, 4.69) is 8.60 Å². The SMILES string of the molecule is COS(=O)(=O)C(=O)c1ccco1. The van der Waals surface area contributed by atoms with E-state index in [0.29, 0.717) is 0 Å². The van der Waals surface area contributed by atoms with Crippen molar-refractivity contribution in [2.45, 2.75) is 0 Å². The van der Waals surface area contributed by atoms with Crippen molar-refractivity contribution >= 4 is 15.2 Å². The molecule has 0 N–H and O–H groups in total. The summed E-state index contributed by atoms with van der Waals surface area (Å²) in [5.41, 5.74) is 0. The molecule has 1 aromatic heterocycles. The summed E-state index contributed by atoms with van der Waals surface area (Å²) in [6.45, 7) is 0. The summed E-state index contributed by atoms with van der Waals surface area (Å²) in [7, 11) is -3.24. The van der Waals surface area contributed by atoms with Crippen molar-refractivity contribution in [3.8, 4) is 0 Å². The van der Waals surface area contributed by atoms with Gasteiger partial charge in [-0.15, -0.1) is 0 Å². The summed E-state index contributed by atoms with van der Waals surface area (Å²) in [6, 6.07) is 2.66. The summed E-state index contributed by atoms with van der Waals surface area (Å²) in [4.78, 5) is 11.0. The molecular formula is C6H6O5S. The smallest absolute Gasteiger partial charge is 0.339 e. The van der Waals surface area contributed by atoms with Crippen LogP contribution in [0.4, 0.5) is 0 Å². The van der Waals surface area contributed by atoms with Crippen molar-refractivity contribution in [1.82, 2.24) is 0 Å². The van der Waals surface area contributed by atoms with E-state index < -0.39 is 15.2 Å². The van der Waals surface area contributed by atoms with Crippen LogP contribution in [0.15, 0.2) is 22.8 Å². The fourth-order valence-corrected chi connectivity index (χ4v) is 1.11. The maximum atomic E-state index is 11.0. The summed E-state index contributed by atoms with van der Waals surface area (Å²) < 4.78 is 30.1. The number of hydrogen-bond acceptors (Lipinski definition) is 5. The largest absolute Gasteiger partial charge is 0.460 e. The molecule has 0 fully saturated rings. The van der Waals surface area contributed by atoms with Crippen molar-refractivity contribution in [2.24, 2.45) is 0 Å². The normalized spacial score (nSPS) is 11.4. The van der Waals surface area contributed by atoms with Crippen LogP contribution >= 0.6 is 0 Å². The molecule has 0 aliphatic carbocycles. The molecule has 1 rings (SSSR count). The van der Waals surface area contributed by atoms with Crippen molar-refractivity contribution in [2.75, 3.05) is 7.11 Å². The molecule has 0 aromatic carbocycles. The minimum absolute atomic E-state index is 0.253. The van der Waals surface area contributed by atoms with E-state index in [1.54, 1.807) is 0 Å². The highest BCUT2D eigenvalue weighted by Crippen LogP contribution is 2.07. The Bertz CT molecular complexity index is 361. The van der Waals surface area contributed by atoms with Gasteiger partial charge in [-0.1, -0.05) is 0 Å². The van der Waals surface area contributed by atoms with Gasteiger partial charge < -0.3 is 4.42 Å². The van der Waals surface area contributed by atoms with E-state index in [1.165, 1.54) is 18.4 Å². The maximum absolute atomic E-state index is 11.0. The molecule has 66 valence electrons. The molecule has 5 nitrogen and oxygen atoms in total. The van der Waals surface area contributed by atoms with Gasteiger partial charge in [-0.3, -0.25) is 8.98 Å². The van der Waals surface area contributed by atoms with Gasteiger partial charge in [0, 0.05) is 0 Å². The molecule has 0 aliphatic rings. The number of carbonyl (C=O) groups is 1. The first kappa shape index (κ1) is 8.95. The van der Waals surface area contributed by atoms with Crippen molar-refractivity contribution < 1.29 is 21.8 Å². The van der Waals surface area contributed by atoms with E-state index in [4.69, 9.17) is 0 Å². The number of furan rings is 1. The topological polar surface area (TPSA) is 73.6 Å². The number of rotatable bonds is 2. The van der Waals surface area contributed by atoms with Crippen LogP contribution in [0.25, 0.3) is 0 Å². The number of carbonyl (C=O) groups excluding carboxylic acids is 1. The predicted octanol–water partition coefficient (Wildman–Crippen LogP) is 0.396. The van der Waals surface area contributed by atoms with Crippen molar-refractivity contribution in [3.63, 3.8) is 0 Å². The monoisotopic (exact) mass is 190 g/mol. The second kappa shape index (κ2) is 3.08. The molecule has 0 spiro atoms. The van der Waals surface area contributed by atoms with Crippen LogP contribution in [0.5, 0.6) is 0 Å². The van der Waals surface area contributed by atoms with E-state index in [1.807, 2.05) is 0 Å². The van der Waals surface area contributed by atoms with E-state index in [9.17, 15) is 13.2 Å². The molecule has 0 atom stereocenters. The van der Waals surface area contributed by atoms with Gasteiger partial charge in [0.2, 0.25) is 0 Å². The molecule has 0 aliphatic heterocycles. The molecular weight excluding hydrogens is 184 g/mol. The Morgan fingerprint density at radius 2 is 2.25 bits per heavy atom. The molecule has 0 saturated carbocycles. The predicted molar refractivity (Wildman–Crippen MR) is 39.0 cm³/mol. The molecule has 6 heteroatoms. The van der Waals surface area contributed by atoms with Gasteiger partial charge in [-0.2, -0.15) is 8.42 Å². The van der Waals surface area contributed by atoms with E-state index in [0.717, 1.165) is 7.11 Å². The molecule has 12 heavy (non-hydrogen) atoms. The lowest BCUT2D eigenvalue weighted by Gasteiger charge is -1.94. The van der Waals surface area contributed by atoms with E-state index >= 15 is 0 Å². The zero-order chi connectivity index (χ0) is 9.19. The third-order valence-electron chi connectivity index (χ3n) is 1.17. The second-order valence-electron chi connectivity index (χ2n) is 1.89. The van der Waals surface area contributed by atoms with Crippen LogP contribution in [-0.2, 0) is 14.3 Å². The Morgan fingerprint density at radius 1 is 1.58 bits per heavy atom. The van der Waals surface area contributed by atoms with Gasteiger partial charge >= 0.3 is 15.2 Å². The highest BCUT2D eigenvalue weighted by atomic mass is 32.2. The van der Waals surface area contributed by atoms with Crippen LogP contribution in [-0.4, -0.2) is 20.6 Å². The summed E-state index contributed by atoms with van der Waals surface area (Å²) >= 11 is 0.